The molecular weight excluding hydrogens is 306 g/mol. The third-order valence-corrected chi connectivity index (χ3v) is 5.25. The van der Waals surface area contributed by atoms with E-state index in [0.717, 1.165) is 55.1 Å². The molecule has 1 aliphatic carbocycles. The van der Waals surface area contributed by atoms with Crippen molar-refractivity contribution in [2.75, 3.05) is 20.3 Å². The van der Waals surface area contributed by atoms with E-state index in [4.69, 9.17) is 19.0 Å². The fourth-order valence-electron chi connectivity index (χ4n) is 3.79. The van der Waals surface area contributed by atoms with Crippen LogP contribution in [0.3, 0.4) is 0 Å². The number of hydrogen-bond donors (Lipinski definition) is 0. The van der Waals surface area contributed by atoms with Crippen LogP contribution in [0.4, 0.5) is 0 Å². The summed E-state index contributed by atoms with van der Waals surface area (Å²) in [5.41, 5.74) is 1.77. The van der Waals surface area contributed by atoms with Crippen molar-refractivity contribution in [2.24, 2.45) is 5.16 Å². The molecule has 2 fully saturated rings. The molecular formula is C19H25NO4. The van der Waals surface area contributed by atoms with Crippen LogP contribution in [-0.4, -0.2) is 37.7 Å². The van der Waals surface area contributed by atoms with E-state index in [1.54, 1.807) is 7.11 Å². The molecule has 5 nitrogen and oxygen atoms in total. The summed E-state index contributed by atoms with van der Waals surface area (Å²) < 4.78 is 17.2. The SMILES string of the molecule is COc1ccc(C2=NOC3(CCOC3)C2)cc1OC1CCCCC1. The number of hydrogen-bond acceptors (Lipinski definition) is 5. The van der Waals surface area contributed by atoms with Crippen molar-refractivity contribution < 1.29 is 19.0 Å². The summed E-state index contributed by atoms with van der Waals surface area (Å²) in [6.45, 7) is 1.38. The van der Waals surface area contributed by atoms with Gasteiger partial charge in [-0.05, 0) is 43.9 Å². The van der Waals surface area contributed by atoms with Crippen molar-refractivity contribution >= 4 is 5.71 Å². The van der Waals surface area contributed by atoms with Gasteiger partial charge < -0.3 is 19.0 Å². The molecule has 0 bridgehead atoms. The minimum absolute atomic E-state index is 0.250. The highest BCUT2D eigenvalue weighted by molar-refractivity contribution is 6.02. The monoisotopic (exact) mass is 331 g/mol. The van der Waals surface area contributed by atoms with Crippen LogP contribution >= 0.6 is 0 Å². The van der Waals surface area contributed by atoms with E-state index in [2.05, 4.69) is 5.16 Å². The fraction of sp³-hybridized carbons (Fsp3) is 0.632. The lowest BCUT2D eigenvalue weighted by atomic mass is 9.93. The maximum atomic E-state index is 6.25. The molecule has 1 spiro atoms. The van der Waals surface area contributed by atoms with Crippen molar-refractivity contribution in [3.8, 4) is 11.5 Å². The van der Waals surface area contributed by atoms with Gasteiger partial charge in [0.15, 0.2) is 17.1 Å². The first kappa shape index (κ1) is 15.8. The lowest BCUT2D eigenvalue weighted by Gasteiger charge is -2.24. The third kappa shape index (κ3) is 3.09. The number of benzene rings is 1. The lowest BCUT2D eigenvalue weighted by Crippen LogP contribution is -2.29. The maximum absolute atomic E-state index is 6.25. The molecule has 3 aliphatic rings. The van der Waals surface area contributed by atoms with Gasteiger partial charge in [0.05, 0.1) is 32.1 Å². The molecule has 5 heteroatoms. The standard InChI is InChI=1S/C19H25NO4/c1-21-17-8-7-14(11-18(17)23-15-5-3-2-4-6-15)16-12-19(24-20-16)9-10-22-13-19/h7-8,11,15H,2-6,9-10,12-13H2,1H3. The Morgan fingerprint density at radius 2 is 2.04 bits per heavy atom. The van der Waals surface area contributed by atoms with Crippen molar-refractivity contribution in [1.82, 2.24) is 0 Å². The van der Waals surface area contributed by atoms with Crippen LogP contribution < -0.4 is 9.47 Å². The minimum atomic E-state index is -0.250. The summed E-state index contributed by atoms with van der Waals surface area (Å²) in [6, 6.07) is 6.04. The minimum Gasteiger partial charge on any atom is -0.493 e. The lowest BCUT2D eigenvalue weighted by molar-refractivity contribution is -0.0237. The molecule has 1 aromatic rings. The average molecular weight is 331 g/mol. The largest absolute Gasteiger partial charge is 0.493 e. The second-order valence-electron chi connectivity index (χ2n) is 7.04. The molecule has 2 aliphatic heterocycles. The third-order valence-electron chi connectivity index (χ3n) is 5.25. The average Bonchev–Trinajstić information content (AvgIpc) is 3.26. The zero-order chi connectivity index (χ0) is 16.4. The van der Waals surface area contributed by atoms with E-state index in [9.17, 15) is 0 Å². The van der Waals surface area contributed by atoms with Crippen LogP contribution in [-0.2, 0) is 9.57 Å². The number of oxime groups is 1. The molecule has 1 saturated carbocycles. The maximum Gasteiger partial charge on any atom is 0.168 e. The number of nitrogens with zero attached hydrogens (tertiary/aromatic N) is 1. The van der Waals surface area contributed by atoms with Gasteiger partial charge in [0.2, 0.25) is 0 Å². The quantitative estimate of drug-likeness (QED) is 0.844. The van der Waals surface area contributed by atoms with E-state index in [0.29, 0.717) is 12.7 Å². The van der Waals surface area contributed by atoms with Gasteiger partial charge in [0.25, 0.3) is 0 Å². The van der Waals surface area contributed by atoms with Crippen molar-refractivity contribution in [3.63, 3.8) is 0 Å². The molecule has 0 amide bonds. The van der Waals surface area contributed by atoms with Crippen LogP contribution in [0.5, 0.6) is 11.5 Å². The summed E-state index contributed by atoms with van der Waals surface area (Å²) in [5.74, 6) is 1.59. The molecule has 1 unspecified atom stereocenters. The van der Waals surface area contributed by atoms with E-state index in [1.807, 2.05) is 18.2 Å². The first-order valence-corrected chi connectivity index (χ1v) is 8.96. The van der Waals surface area contributed by atoms with E-state index >= 15 is 0 Å². The predicted octanol–water partition coefficient (Wildman–Crippen LogP) is 3.69. The number of rotatable bonds is 4. The Kier molecular flexibility index (Phi) is 4.35. The molecule has 1 atom stereocenters. The van der Waals surface area contributed by atoms with Gasteiger partial charge in [-0.2, -0.15) is 0 Å². The second kappa shape index (κ2) is 6.63. The Morgan fingerprint density at radius 3 is 2.79 bits per heavy atom. The van der Waals surface area contributed by atoms with Crippen molar-refractivity contribution in [3.05, 3.63) is 23.8 Å². The summed E-state index contributed by atoms with van der Waals surface area (Å²) in [4.78, 5) is 5.71. The second-order valence-corrected chi connectivity index (χ2v) is 7.04. The van der Waals surface area contributed by atoms with Crippen LogP contribution in [0, 0.1) is 0 Å². The molecule has 4 rings (SSSR count). The zero-order valence-corrected chi connectivity index (χ0v) is 14.3. The normalized spacial score (nSPS) is 27.1. The summed E-state index contributed by atoms with van der Waals surface area (Å²) >= 11 is 0. The highest BCUT2D eigenvalue weighted by Crippen LogP contribution is 2.37. The summed E-state index contributed by atoms with van der Waals surface area (Å²) in [7, 11) is 1.68. The summed E-state index contributed by atoms with van der Waals surface area (Å²) in [5, 5.41) is 4.32. The first-order chi connectivity index (χ1) is 11.8. The molecule has 24 heavy (non-hydrogen) atoms. The van der Waals surface area contributed by atoms with E-state index in [1.165, 1.54) is 19.3 Å². The molecule has 0 aromatic heterocycles. The molecule has 1 saturated heterocycles. The number of ether oxygens (including phenoxy) is 3. The van der Waals surface area contributed by atoms with Gasteiger partial charge in [0, 0.05) is 18.4 Å². The molecule has 130 valence electrons. The fourth-order valence-corrected chi connectivity index (χ4v) is 3.79. The Balaban J connectivity index is 1.52. The van der Waals surface area contributed by atoms with Crippen LogP contribution in [0.15, 0.2) is 23.4 Å². The summed E-state index contributed by atoms with van der Waals surface area (Å²) in [6.07, 6.45) is 8.04. The highest BCUT2D eigenvalue weighted by Gasteiger charge is 2.43. The van der Waals surface area contributed by atoms with E-state index < -0.39 is 0 Å². The van der Waals surface area contributed by atoms with Crippen LogP contribution in [0.25, 0.3) is 0 Å². The topological polar surface area (TPSA) is 49.3 Å². The Hall–Kier alpha value is -1.75. The van der Waals surface area contributed by atoms with Crippen molar-refractivity contribution in [2.45, 2.75) is 56.7 Å². The van der Waals surface area contributed by atoms with Gasteiger partial charge in [-0.15, -0.1) is 0 Å². The smallest absolute Gasteiger partial charge is 0.168 e. The molecule has 0 N–H and O–H groups in total. The predicted molar refractivity (Wildman–Crippen MR) is 90.9 cm³/mol. The number of methoxy groups -OCH3 is 1. The Labute approximate surface area is 142 Å². The Morgan fingerprint density at radius 1 is 1.17 bits per heavy atom. The molecule has 2 heterocycles. The van der Waals surface area contributed by atoms with Gasteiger partial charge in [-0.25, -0.2) is 0 Å². The highest BCUT2D eigenvalue weighted by atomic mass is 16.7. The van der Waals surface area contributed by atoms with Gasteiger partial charge in [-0.1, -0.05) is 11.6 Å². The Bertz CT molecular complexity index is 616. The van der Waals surface area contributed by atoms with Gasteiger partial charge in [-0.3, -0.25) is 0 Å². The van der Waals surface area contributed by atoms with Crippen LogP contribution in [0.1, 0.15) is 50.5 Å². The first-order valence-electron chi connectivity index (χ1n) is 8.96. The zero-order valence-electron chi connectivity index (χ0n) is 14.3. The van der Waals surface area contributed by atoms with Gasteiger partial charge in [0.1, 0.15) is 0 Å². The van der Waals surface area contributed by atoms with Crippen molar-refractivity contribution in [1.29, 1.82) is 0 Å². The molecule has 1 aromatic carbocycles. The van der Waals surface area contributed by atoms with Gasteiger partial charge >= 0.3 is 0 Å². The molecule has 0 radical (unpaired) electrons. The van der Waals surface area contributed by atoms with E-state index in [-0.39, 0.29) is 5.60 Å². The van der Waals surface area contributed by atoms with Crippen LogP contribution in [0.2, 0.25) is 0 Å².